The first-order chi connectivity index (χ1) is 11.8. The summed E-state index contributed by atoms with van der Waals surface area (Å²) in [6.45, 7) is 2.99. The summed E-state index contributed by atoms with van der Waals surface area (Å²) >= 11 is 0. The lowest BCUT2D eigenvalue weighted by Crippen LogP contribution is -2.46. The average molecular weight is 348 g/mol. The van der Waals surface area contributed by atoms with Crippen molar-refractivity contribution >= 4 is 29.5 Å². The van der Waals surface area contributed by atoms with Gasteiger partial charge in [0.05, 0.1) is 12.8 Å². The van der Waals surface area contributed by atoms with Gasteiger partial charge in [-0.05, 0) is 38.7 Å². The molecule has 2 fully saturated rings. The molecule has 1 saturated heterocycles. The van der Waals surface area contributed by atoms with Crippen LogP contribution in [0.3, 0.4) is 0 Å². The molecule has 0 radical (unpaired) electrons. The molecule has 1 aliphatic heterocycles. The number of nitrogens with one attached hydrogen (secondary N) is 3. The smallest absolute Gasteiger partial charge is 0.356 e. The van der Waals surface area contributed by atoms with Gasteiger partial charge in [-0.1, -0.05) is 0 Å². The first-order valence-electron chi connectivity index (χ1n) is 7.98. The molecule has 0 aromatic carbocycles. The van der Waals surface area contributed by atoms with E-state index in [-0.39, 0.29) is 17.3 Å². The summed E-state index contributed by atoms with van der Waals surface area (Å²) in [5.74, 6) is -1.48. The first-order valence-corrected chi connectivity index (χ1v) is 7.98. The number of aromatic amines is 1. The number of urea groups is 1. The maximum absolute atomic E-state index is 12.5. The molecule has 1 aliphatic carbocycles. The molecule has 9 nitrogen and oxygen atoms in total. The zero-order chi connectivity index (χ0) is 18.4. The van der Waals surface area contributed by atoms with E-state index in [1.807, 2.05) is 0 Å². The fourth-order valence-electron chi connectivity index (χ4n) is 3.08. The van der Waals surface area contributed by atoms with Crippen molar-refractivity contribution in [3.8, 4) is 0 Å². The number of methoxy groups -OCH3 is 1. The fraction of sp³-hybridized carbons (Fsp3) is 0.500. The van der Waals surface area contributed by atoms with Crippen LogP contribution in [-0.4, -0.2) is 52.9 Å². The highest BCUT2D eigenvalue weighted by molar-refractivity contribution is 6.10. The minimum Gasteiger partial charge on any atom is -0.464 e. The van der Waals surface area contributed by atoms with Gasteiger partial charge in [-0.15, -0.1) is 0 Å². The lowest BCUT2D eigenvalue weighted by molar-refractivity contribution is -0.134. The van der Waals surface area contributed by atoms with E-state index in [1.165, 1.54) is 7.11 Å². The van der Waals surface area contributed by atoms with Gasteiger partial charge in [-0.3, -0.25) is 14.5 Å². The van der Waals surface area contributed by atoms with Crippen LogP contribution >= 0.6 is 0 Å². The van der Waals surface area contributed by atoms with Crippen molar-refractivity contribution in [2.24, 2.45) is 5.92 Å². The Morgan fingerprint density at radius 2 is 2.08 bits per heavy atom. The van der Waals surface area contributed by atoms with Crippen molar-refractivity contribution < 1.29 is 23.9 Å². The van der Waals surface area contributed by atoms with E-state index in [4.69, 9.17) is 0 Å². The molecule has 1 saturated carbocycles. The Bertz CT molecular complexity index is 767. The second-order valence-corrected chi connectivity index (χ2v) is 6.58. The standard InChI is InChI=1S/C16H20N4O5/c1-8-6-10(12(17-8)13(22)25-3)18-11(21)7-20-14(23)16(2,9-4-5-9)19-15(20)24/h6,9,17H,4-5,7H2,1-3H3,(H,18,21)(H,19,24)/t16-/m1/s1. The predicted octanol–water partition coefficient (Wildman–Crippen LogP) is 0.769. The summed E-state index contributed by atoms with van der Waals surface area (Å²) in [6, 6.07) is 0.998. The summed E-state index contributed by atoms with van der Waals surface area (Å²) in [5.41, 5.74) is 0.0749. The number of carbonyl (C=O) groups excluding carboxylic acids is 4. The van der Waals surface area contributed by atoms with Crippen LogP contribution in [0.2, 0.25) is 0 Å². The molecule has 4 amide bonds. The molecular formula is C16H20N4O5. The Labute approximate surface area is 144 Å². The number of imide groups is 1. The number of hydrogen-bond acceptors (Lipinski definition) is 5. The topological polar surface area (TPSA) is 121 Å². The number of anilines is 1. The molecule has 3 N–H and O–H groups in total. The summed E-state index contributed by atoms with van der Waals surface area (Å²) in [7, 11) is 1.23. The molecule has 1 atom stereocenters. The Hall–Kier alpha value is -2.84. The van der Waals surface area contributed by atoms with Gasteiger partial charge in [0.15, 0.2) is 0 Å². The minimum absolute atomic E-state index is 0.105. The van der Waals surface area contributed by atoms with Crippen LogP contribution in [0.1, 0.15) is 35.9 Å². The molecule has 25 heavy (non-hydrogen) atoms. The van der Waals surface area contributed by atoms with Crippen LogP contribution in [0, 0.1) is 12.8 Å². The number of hydrogen-bond donors (Lipinski definition) is 3. The van der Waals surface area contributed by atoms with Gasteiger partial charge in [0, 0.05) is 5.69 Å². The van der Waals surface area contributed by atoms with Gasteiger partial charge in [0.2, 0.25) is 5.91 Å². The fourth-order valence-corrected chi connectivity index (χ4v) is 3.08. The third kappa shape index (κ3) is 2.97. The van der Waals surface area contributed by atoms with E-state index in [0.717, 1.165) is 17.7 Å². The average Bonchev–Trinajstić information content (AvgIpc) is 3.31. The van der Waals surface area contributed by atoms with Gasteiger partial charge in [-0.25, -0.2) is 9.59 Å². The monoisotopic (exact) mass is 348 g/mol. The van der Waals surface area contributed by atoms with E-state index in [0.29, 0.717) is 5.69 Å². The van der Waals surface area contributed by atoms with E-state index < -0.39 is 35.9 Å². The van der Waals surface area contributed by atoms with Crippen LogP contribution in [0.5, 0.6) is 0 Å². The van der Waals surface area contributed by atoms with Crippen molar-refractivity contribution in [3.63, 3.8) is 0 Å². The minimum atomic E-state index is -0.931. The zero-order valence-electron chi connectivity index (χ0n) is 14.3. The van der Waals surface area contributed by atoms with Crippen molar-refractivity contribution in [3.05, 3.63) is 17.5 Å². The van der Waals surface area contributed by atoms with Crippen LogP contribution in [0.15, 0.2) is 6.07 Å². The van der Waals surface area contributed by atoms with Crippen LogP contribution in [0.4, 0.5) is 10.5 Å². The number of nitrogens with zero attached hydrogens (tertiary/aromatic N) is 1. The van der Waals surface area contributed by atoms with Gasteiger partial charge in [-0.2, -0.15) is 0 Å². The van der Waals surface area contributed by atoms with E-state index in [9.17, 15) is 19.2 Å². The number of H-pyrrole nitrogens is 1. The normalized spacial score (nSPS) is 22.8. The highest BCUT2D eigenvalue weighted by Crippen LogP contribution is 2.42. The van der Waals surface area contributed by atoms with Gasteiger partial charge in [0.25, 0.3) is 5.91 Å². The van der Waals surface area contributed by atoms with Crippen molar-refractivity contribution in [1.82, 2.24) is 15.2 Å². The second-order valence-electron chi connectivity index (χ2n) is 6.58. The third-order valence-corrected chi connectivity index (χ3v) is 4.61. The molecule has 134 valence electrons. The molecule has 1 aromatic rings. The molecule has 0 unspecified atom stereocenters. The van der Waals surface area contributed by atoms with E-state index >= 15 is 0 Å². The first kappa shape index (κ1) is 17.0. The van der Waals surface area contributed by atoms with Gasteiger partial charge in [0.1, 0.15) is 17.8 Å². The Morgan fingerprint density at radius 3 is 2.68 bits per heavy atom. The lowest BCUT2D eigenvalue weighted by atomic mass is 9.96. The highest BCUT2D eigenvalue weighted by Gasteiger charge is 2.56. The number of esters is 1. The molecule has 3 rings (SSSR count). The molecule has 2 heterocycles. The van der Waals surface area contributed by atoms with Crippen LogP contribution < -0.4 is 10.6 Å². The van der Waals surface area contributed by atoms with Gasteiger partial charge < -0.3 is 20.4 Å². The number of rotatable bonds is 5. The van der Waals surface area contributed by atoms with E-state index in [1.54, 1.807) is 19.9 Å². The largest absolute Gasteiger partial charge is 0.464 e. The quantitative estimate of drug-likeness (QED) is 0.536. The number of aryl methyl sites for hydroxylation is 1. The lowest BCUT2D eigenvalue weighted by Gasteiger charge is -2.20. The summed E-state index contributed by atoms with van der Waals surface area (Å²) in [4.78, 5) is 52.3. The van der Waals surface area contributed by atoms with Crippen molar-refractivity contribution in [2.75, 3.05) is 19.0 Å². The van der Waals surface area contributed by atoms with Crippen molar-refractivity contribution in [1.29, 1.82) is 0 Å². The Kier molecular flexibility index (Phi) is 4.02. The SMILES string of the molecule is COC(=O)c1[nH]c(C)cc1NC(=O)CN1C(=O)N[C@](C)(C2CC2)C1=O. The zero-order valence-corrected chi connectivity index (χ0v) is 14.3. The summed E-state index contributed by atoms with van der Waals surface area (Å²) in [5, 5.41) is 5.22. The summed E-state index contributed by atoms with van der Waals surface area (Å²) < 4.78 is 4.65. The number of amides is 4. The summed E-state index contributed by atoms with van der Waals surface area (Å²) in [6.07, 6.45) is 1.77. The van der Waals surface area contributed by atoms with E-state index in [2.05, 4.69) is 20.4 Å². The Balaban J connectivity index is 1.70. The molecule has 2 aliphatic rings. The van der Waals surface area contributed by atoms with Gasteiger partial charge >= 0.3 is 12.0 Å². The third-order valence-electron chi connectivity index (χ3n) is 4.61. The maximum atomic E-state index is 12.5. The Morgan fingerprint density at radius 1 is 1.40 bits per heavy atom. The number of aromatic nitrogens is 1. The second kappa shape index (κ2) is 5.91. The van der Waals surface area contributed by atoms with Crippen LogP contribution in [0.25, 0.3) is 0 Å². The van der Waals surface area contributed by atoms with Crippen LogP contribution in [-0.2, 0) is 14.3 Å². The number of carbonyl (C=O) groups is 4. The number of ether oxygens (including phenoxy) is 1. The predicted molar refractivity (Wildman–Crippen MR) is 86.9 cm³/mol. The molecule has 9 heteroatoms. The molecule has 0 bridgehead atoms. The maximum Gasteiger partial charge on any atom is 0.356 e. The molecule has 0 spiro atoms. The van der Waals surface area contributed by atoms with Crippen molar-refractivity contribution in [2.45, 2.75) is 32.2 Å². The molecule has 1 aromatic heterocycles. The molecular weight excluding hydrogens is 328 g/mol. The highest BCUT2D eigenvalue weighted by atomic mass is 16.5.